The second kappa shape index (κ2) is 5.83. The smallest absolute Gasteiger partial charge is 0.126 e. The third kappa shape index (κ3) is 2.71. The highest BCUT2D eigenvalue weighted by Crippen LogP contribution is 2.28. The molecule has 5 heteroatoms. The lowest BCUT2D eigenvalue weighted by atomic mass is 9.86. The summed E-state index contributed by atoms with van der Waals surface area (Å²) in [5.74, 6) is 0.250. The Kier molecular flexibility index (Phi) is 3.88. The lowest BCUT2D eigenvalue weighted by Crippen LogP contribution is -2.21. The third-order valence-electron chi connectivity index (χ3n) is 3.92. The molecule has 0 bridgehead atoms. The first-order valence-corrected chi connectivity index (χ1v) is 7.32. The summed E-state index contributed by atoms with van der Waals surface area (Å²) in [6.07, 6.45) is 1.74. The van der Waals surface area contributed by atoms with E-state index in [4.69, 9.17) is 4.84 Å². The number of hydrogen-bond donors (Lipinski definition) is 0. The Morgan fingerprint density at radius 3 is 2.77 bits per heavy atom. The number of aromatic nitrogens is 2. The molecule has 3 rings (SSSR count). The van der Waals surface area contributed by atoms with Crippen LogP contribution in [0.15, 0.2) is 29.4 Å². The molecule has 0 spiro atoms. The Bertz CT molecular complexity index is 743. The van der Waals surface area contributed by atoms with Crippen molar-refractivity contribution in [2.45, 2.75) is 26.7 Å². The largest absolute Gasteiger partial charge is 0.399 e. The quantitative estimate of drug-likeness (QED) is 0.797. The molecule has 0 fully saturated rings. The fourth-order valence-corrected chi connectivity index (χ4v) is 2.80. The lowest BCUT2D eigenvalue weighted by Gasteiger charge is -2.21. The molecule has 22 heavy (non-hydrogen) atoms. The van der Waals surface area contributed by atoms with Gasteiger partial charge < -0.3 is 4.84 Å². The van der Waals surface area contributed by atoms with Gasteiger partial charge in [-0.15, -0.1) is 0 Å². The zero-order chi connectivity index (χ0) is 15.7. The summed E-state index contributed by atoms with van der Waals surface area (Å²) >= 11 is 0. The first-order valence-electron chi connectivity index (χ1n) is 7.32. The van der Waals surface area contributed by atoms with Gasteiger partial charge >= 0.3 is 0 Å². The Morgan fingerprint density at radius 2 is 2.05 bits per heavy atom. The van der Waals surface area contributed by atoms with Gasteiger partial charge in [-0.2, -0.15) is 10.2 Å². The van der Waals surface area contributed by atoms with Crippen LogP contribution >= 0.6 is 0 Å². The van der Waals surface area contributed by atoms with Crippen molar-refractivity contribution < 1.29 is 9.23 Å². The Balaban J connectivity index is 2.07. The fourth-order valence-electron chi connectivity index (χ4n) is 2.80. The summed E-state index contributed by atoms with van der Waals surface area (Å²) in [7, 11) is 1.55. The van der Waals surface area contributed by atoms with Gasteiger partial charge in [-0.25, -0.2) is 4.39 Å². The third-order valence-corrected chi connectivity index (χ3v) is 3.92. The molecule has 0 aliphatic heterocycles. The van der Waals surface area contributed by atoms with Crippen LogP contribution in [0.2, 0.25) is 0 Å². The van der Waals surface area contributed by atoms with Crippen molar-refractivity contribution in [1.29, 1.82) is 0 Å². The molecule has 1 atom stereocenters. The van der Waals surface area contributed by atoms with E-state index in [0.717, 1.165) is 41.1 Å². The van der Waals surface area contributed by atoms with E-state index in [1.807, 2.05) is 6.07 Å². The summed E-state index contributed by atoms with van der Waals surface area (Å²) in [5.41, 5.74) is 4.98. The van der Waals surface area contributed by atoms with Crippen molar-refractivity contribution in [3.8, 4) is 11.3 Å². The highest BCUT2D eigenvalue weighted by atomic mass is 19.1. The maximum atomic E-state index is 13.4. The molecule has 1 aromatic carbocycles. The molecule has 0 radical (unpaired) electrons. The van der Waals surface area contributed by atoms with Gasteiger partial charge in [0.15, 0.2) is 0 Å². The molecule has 1 heterocycles. The van der Waals surface area contributed by atoms with E-state index in [1.54, 1.807) is 26.2 Å². The topological polar surface area (TPSA) is 47.4 Å². The van der Waals surface area contributed by atoms with Gasteiger partial charge in [0.25, 0.3) is 0 Å². The van der Waals surface area contributed by atoms with Crippen LogP contribution in [0.4, 0.5) is 4.39 Å². The molecule has 1 aliphatic rings. The molecule has 1 aliphatic carbocycles. The monoisotopic (exact) mass is 299 g/mol. The number of hydrogen-bond acceptors (Lipinski definition) is 4. The average Bonchev–Trinajstić information content (AvgIpc) is 2.50. The molecule has 1 aromatic heterocycles. The van der Waals surface area contributed by atoms with Crippen LogP contribution in [0.1, 0.15) is 30.2 Å². The van der Waals surface area contributed by atoms with Crippen molar-refractivity contribution in [3.05, 3.63) is 46.9 Å². The van der Waals surface area contributed by atoms with Gasteiger partial charge in [0, 0.05) is 11.1 Å². The number of halogens is 1. The minimum absolute atomic E-state index is 0.217. The Labute approximate surface area is 129 Å². The lowest BCUT2D eigenvalue weighted by molar-refractivity contribution is 0.212. The van der Waals surface area contributed by atoms with E-state index in [1.165, 1.54) is 6.07 Å². The molecule has 0 N–H and O–H groups in total. The van der Waals surface area contributed by atoms with Gasteiger partial charge in [0.1, 0.15) is 12.9 Å². The molecule has 0 amide bonds. The van der Waals surface area contributed by atoms with Gasteiger partial charge in [-0.1, -0.05) is 12.1 Å². The molecule has 2 aromatic rings. The SMILES string of the molecule is CO/N=C1/C[C@@H](C)Cc2nnc(-c3ccc(F)c(C)c3)cc21. The normalized spacial score (nSPS) is 19.1. The molecular formula is C17H18FN3O. The minimum atomic E-state index is -0.217. The van der Waals surface area contributed by atoms with Crippen molar-refractivity contribution in [3.63, 3.8) is 0 Å². The van der Waals surface area contributed by atoms with Crippen LogP contribution in [0.3, 0.4) is 0 Å². The summed E-state index contributed by atoms with van der Waals surface area (Å²) in [6, 6.07) is 6.93. The number of aryl methyl sites for hydroxylation is 1. The first kappa shape index (κ1) is 14.6. The maximum absolute atomic E-state index is 13.4. The Hall–Kier alpha value is -2.30. The highest BCUT2D eigenvalue weighted by molar-refractivity contribution is 6.02. The predicted molar refractivity (Wildman–Crippen MR) is 83.2 cm³/mol. The van der Waals surface area contributed by atoms with Crippen LogP contribution in [-0.4, -0.2) is 23.0 Å². The van der Waals surface area contributed by atoms with Gasteiger partial charge in [0.2, 0.25) is 0 Å². The highest BCUT2D eigenvalue weighted by Gasteiger charge is 2.24. The number of oxime groups is 1. The first-order chi connectivity index (χ1) is 10.6. The summed E-state index contributed by atoms with van der Waals surface area (Å²) in [4.78, 5) is 4.96. The Morgan fingerprint density at radius 1 is 1.23 bits per heavy atom. The maximum Gasteiger partial charge on any atom is 0.126 e. The van der Waals surface area contributed by atoms with E-state index in [2.05, 4.69) is 22.3 Å². The van der Waals surface area contributed by atoms with Crippen LogP contribution in [0.25, 0.3) is 11.3 Å². The van der Waals surface area contributed by atoms with Crippen LogP contribution in [-0.2, 0) is 11.3 Å². The van der Waals surface area contributed by atoms with E-state index in [0.29, 0.717) is 11.5 Å². The van der Waals surface area contributed by atoms with Crippen molar-refractivity contribution in [1.82, 2.24) is 10.2 Å². The standard InChI is InChI=1S/C17H18FN3O/c1-10-6-16-13(17(7-10)21-22-3)9-15(19-20-16)12-4-5-14(18)11(2)8-12/h4-5,8-10H,6-7H2,1-3H3/b21-17-/t10-/m0/s1. The van der Waals surface area contributed by atoms with Crippen LogP contribution < -0.4 is 0 Å². The zero-order valence-electron chi connectivity index (χ0n) is 12.9. The predicted octanol–water partition coefficient (Wildman–Crippen LogP) is 3.52. The number of rotatable bonds is 2. The van der Waals surface area contributed by atoms with Crippen molar-refractivity contribution in [2.75, 3.05) is 7.11 Å². The summed E-state index contributed by atoms with van der Waals surface area (Å²) < 4.78 is 13.4. The van der Waals surface area contributed by atoms with E-state index in [9.17, 15) is 4.39 Å². The average molecular weight is 299 g/mol. The molecule has 114 valence electrons. The van der Waals surface area contributed by atoms with Crippen LogP contribution in [0.5, 0.6) is 0 Å². The van der Waals surface area contributed by atoms with Crippen LogP contribution in [0, 0.1) is 18.7 Å². The summed E-state index contributed by atoms with van der Waals surface area (Å²) in [5, 5.41) is 12.8. The molecule has 4 nitrogen and oxygen atoms in total. The van der Waals surface area contributed by atoms with Gasteiger partial charge in [-0.3, -0.25) is 0 Å². The minimum Gasteiger partial charge on any atom is -0.399 e. The fraction of sp³-hybridized carbons (Fsp3) is 0.353. The molecule has 0 unspecified atom stereocenters. The molecule has 0 saturated carbocycles. The van der Waals surface area contributed by atoms with E-state index >= 15 is 0 Å². The zero-order valence-corrected chi connectivity index (χ0v) is 12.9. The second-order valence-corrected chi connectivity index (χ2v) is 5.79. The van der Waals surface area contributed by atoms with Gasteiger partial charge in [-0.05, 0) is 55.5 Å². The number of fused-ring (bicyclic) bond motifs is 1. The summed E-state index contributed by atoms with van der Waals surface area (Å²) in [6.45, 7) is 3.90. The van der Waals surface area contributed by atoms with E-state index in [-0.39, 0.29) is 5.82 Å². The van der Waals surface area contributed by atoms with Crippen molar-refractivity contribution in [2.24, 2.45) is 11.1 Å². The van der Waals surface area contributed by atoms with E-state index < -0.39 is 0 Å². The second-order valence-electron chi connectivity index (χ2n) is 5.79. The molecule has 0 saturated heterocycles. The van der Waals surface area contributed by atoms with Gasteiger partial charge in [0.05, 0.1) is 17.1 Å². The number of nitrogens with zero attached hydrogens (tertiary/aromatic N) is 3. The number of benzene rings is 1. The van der Waals surface area contributed by atoms with Crippen molar-refractivity contribution >= 4 is 5.71 Å². The molecular weight excluding hydrogens is 281 g/mol.